The number of aromatic nitrogens is 1. The molecule has 1 aromatic carbocycles. The molecule has 2 N–H and O–H groups in total. The van der Waals surface area contributed by atoms with Crippen molar-refractivity contribution in [3.05, 3.63) is 65.5 Å². The average Bonchev–Trinajstić information content (AvgIpc) is 2.95. The van der Waals surface area contributed by atoms with Gasteiger partial charge in [-0.25, -0.2) is 4.79 Å². The number of nitrogens with one attached hydrogen (secondary N) is 1. The largest absolute Gasteiger partial charge is 0.465 e. The van der Waals surface area contributed by atoms with E-state index in [9.17, 15) is 9.59 Å². The Morgan fingerprint density at radius 1 is 1.25 bits per heavy atom. The van der Waals surface area contributed by atoms with Crippen LogP contribution in [0.2, 0.25) is 0 Å². The molecule has 1 aliphatic heterocycles. The van der Waals surface area contributed by atoms with Gasteiger partial charge in [0.1, 0.15) is 0 Å². The number of hydrogen-bond acceptors (Lipinski definition) is 3. The fraction of sp³-hybridized carbons (Fsp3) is 0.278. The molecule has 1 atom stereocenters. The zero-order valence-corrected chi connectivity index (χ0v) is 13.2. The molecule has 1 unspecified atom stereocenters. The summed E-state index contributed by atoms with van der Waals surface area (Å²) in [6.07, 6.45) is 3.72. The standard InChI is InChI=1S/C18H19N3O3/c22-17-5-4-16(21(17)12-13-6-8-19-9-7-13)15-3-1-2-14(10-15)11-20-18(23)24/h1-3,6-10,16,20H,4-5,11-12H2,(H,23,24). The number of pyridine rings is 1. The molecule has 0 radical (unpaired) electrons. The first-order chi connectivity index (χ1) is 11.6. The van der Waals surface area contributed by atoms with E-state index < -0.39 is 6.09 Å². The normalized spacial score (nSPS) is 17.1. The van der Waals surface area contributed by atoms with Crippen LogP contribution in [0.4, 0.5) is 4.79 Å². The molecule has 0 saturated carbocycles. The molecule has 3 rings (SSSR count). The highest BCUT2D eigenvalue weighted by molar-refractivity contribution is 5.79. The summed E-state index contributed by atoms with van der Waals surface area (Å²) in [6.45, 7) is 0.817. The Hall–Kier alpha value is -2.89. The van der Waals surface area contributed by atoms with Gasteiger partial charge in [0.25, 0.3) is 0 Å². The van der Waals surface area contributed by atoms with Gasteiger partial charge in [0.15, 0.2) is 0 Å². The van der Waals surface area contributed by atoms with E-state index in [1.54, 1.807) is 12.4 Å². The van der Waals surface area contributed by atoms with Gasteiger partial charge in [-0.2, -0.15) is 0 Å². The highest BCUT2D eigenvalue weighted by atomic mass is 16.4. The summed E-state index contributed by atoms with van der Waals surface area (Å²) in [5.74, 6) is 0.144. The summed E-state index contributed by atoms with van der Waals surface area (Å²) < 4.78 is 0. The van der Waals surface area contributed by atoms with E-state index in [0.29, 0.717) is 13.0 Å². The van der Waals surface area contributed by atoms with Crippen molar-refractivity contribution in [3.63, 3.8) is 0 Å². The predicted octanol–water partition coefficient (Wildman–Crippen LogP) is 2.71. The minimum atomic E-state index is -1.05. The Morgan fingerprint density at radius 2 is 2.04 bits per heavy atom. The molecule has 24 heavy (non-hydrogen) atoms. The Bertz CT molecular complexity index is 733. The van der Waals surface area contributed by atoms with Crippen molar-refractivity contribution in [2.75, 3.05) is 0 Å². The van der Waals surface area contributed by atoms with Gasteiger partial charge in [-0.05, 0) is 35.2 Å². The molecule has 0 aliphatic carbocycles. The lowest BCUT2D eigenvalue weighted by atomic mass is 10.0. The van der Waals surface area contributed by atoms with Gasteiger partial charge in [-0.1, -0.05) is 24.3 Å². The van der Waals surface area contributed by atoms with Gasteiger partial charge >= 0.3 is 6.09 Å². The van der Waals surface area contributed by atoms with E-state index in [-0.39, 0.29) is 18.5 Å². The molecular formula is C18H19N3O3. The van der Waals surface area contributed by atoms with Crippen molar-refractivity contribution in [1.82, 2.24) is 15.2 Å². The Labute approximate surface area is 140 Å². The molecule has 2 amide bonds. The zero-order valence-electron chi connectivity index (χ0n) is 13.2. The van der Waals surface area contributed by atoms with E-state index in [0.717, 1.165) is 23.1 Å². The maximum atomic E-state index is 12.3. The molecule has 1 aromatic heterocycles. The van der Waals surface area contributed by atoms with Gasteiger partial charge in [-0.3, -0.25) is 9.78 Å². The van der Waals surface area contributed by atoms with Crippen LogP contribution in [0, 0.1) is 0 Å². The summed E-state index contributed by atoms with van der Waals surface area (Å²) in [4.78, 5) is 28.8. The molecule has 0 spiro atoms. The molecule has 1 aliphatic rings. The summed E-state index contributed by atoms with van der Waals surface area (Å²) in [7, 11) is 0. The van der Waals surface area contributed by atoms with Crippen molar-refractivity contribution < 1.29 is 14.7 Å². The van der Waals surface area contributed by atoms with Crippen LogP contribution in [-0.4, -0.2) is 27.0 Å². The molecule has 2 aromatic rings. The molecule has 6 nitrogen and oxygen atoms in total. The summed E-state index contributed by atoms with van der Waals surface area (Å²) in [6, 6.07) is 11.6. The average molecular weight is 325 g/mol. The molecule has 2 heterocycles. The Morgan fingerprint density at radius 3 is 2.79 bits per heavy atom. The van der Waals surface area contributed by atoms with Crippen molar-refractivity contribution in [1.29, 1.82) is 0 Å². The molecule has 124 valence electrons. The predicted molar refractivity (Wildman–Crippen MR) is 88.1 cm³/mol. The number of benzene rings is 1. The number of rotatable bonds is 5. The van der Waals surface area contributed by atoms with Crippen molar-refractivity contribution >= 4 is 12.0 Å². The van der Waals surface area contributed by atoms with E-state index in [1.807, 2.05) is 41.3 Å². The van der Waals surface area contributed by atoms with E-state index in [4.69, 9.17) is 5.11 Å². The van der Waals surface area contributed by atoms with E-state index in [1.165, 1.54) is 0 Å². The minimum Gasteiger partial charge on any atom is -0.465 e. The SMILES string of the molecule is O=C(O)NCc1cccc(C2CCC(=O)N2Cc2ccncc2)c1. The lowest BCUT2D eigenvalue weighted by molar-refractivity contribution is -0.129. The molecule has 6 heteroatoms. The van der Waals surface area contributed by atoms with Crippen LogP contribution in [-0.2, 0) is 17.9 Å². The van der Waals surface area contributed by atoms with Gasteiger partial charge in [0, 0.05) is 31.9 Å². The van der Waals surface area contributed by atoms with Gasteiger partial charge < -0.3 is 15.3 Å². The van der Waals surface area contributed by atoms with Gasteiger partial charge in [0.05, 0.1) is 6.04 Å². The third-order valence-corrected chi connectivity index (χ3v) is 4.21. The van der Waals surface area contributed by atoms with Crippen LogP contribution in [0.15, 0.2) is 48.8 Å². The second-order valence-electron chi connectivity index (χ2n) is 5.84. The van der Waals surface area contributed by atoms with Crippen molar-refractivity contribution in [3.8, 4) is 0 Å². The fourth-order valence-corrected chi connectivity index (χ4v) is 3.05. The first-order valence-corrected chi connectivity index (χ1v) is 7.87. The summed E-state index contributed by atoms with van der Waals surface area (Å²) in [5.41, 5.74) is 2.98. The number of amides is 2. The van der Waals surface area contributed by atoms with Crippen LogP contribution in [0.1, 0.15) is 35.6 Å². The smallest absolute Gasteiger partial charge is 0.404 e. The number of likely N-dealkylation sites (tertiary alicyclic amines) is 1. The van der Waals surface area contributed by atoms with Crippen LogP contribution < -0.4 is 5.32 Å². The van der Waals surface area contributed by atoms with Crippen LogP contribution in [0.5, 0.6) is 0 Å². The third-order valence-electron chi connectivity index (χ3n) is 4.21. The summed E-state index contributed by atoms with van der Waals surface area (Å²) >= 11 is 0. The first kappa shape index (κ1) is 16.0. The third kappa shape index (κ3) is 3.71. The minimum absolute atomic E-state index is 0.0236. The lowest BCUT2D eigenvalue weighted by Crippen LogP contribution is -2.27. The van der Waals surface area contributed by atoms with Crippen LogP contribution in [0.25, 0.3) is 0 Å². The van der Waals surface area contributed by atoms with Gasteiger partial charge in [0.2, 0.25) is 5.91 Å². The molecule has 1 fully saturated rings. The summed E-state index contributed by atoms with van der Waals surface area (Å²) in [5, 5.41) is 11.1. The maximum absolute atomic E-state index is 12.3. The number of carbonyl (C=O) groups is 2. The highest BCUT2D eigenvalue weighted by Gasteiger charge is 2.32. The quantitative estimate of drug-likeness (QED) is 0.885. The highest BCUT2D eigenvalue weighted by Crippen LogP contribution is 2.34. The van der Waals surface area contributed by atoms with Crippen LogP contribution in [0.3, 0.4) is 0 Å². The monoisotopic (exact) mass is 325 g/mol. The topological polar surface area (TPSA) is 82.5 Å². The zero-order chi connectivity index (χ0) is 16.9. The van der Waals surface area contributed by atoms with E-state index >= 15 is 0 Å². The Kier molecular flexibility index (Phi) is 4.74. The Balaban J connectivity index is 1.78. The molecule has 1 saturated heterocycles. The molecule has 0 bridgehead atoms. The van der Waals surface area contributed by atoms with Gasteiger partial charge in [-0.15, -0.1) is 0 Å². The second-order valence-corrected chi connectivity index (χ2v) is 5.84. The second kappa shape index (κ2) is 7.12. The maximum Gasteiger partial charge on any atom is 0.404 e. The molecular weight excluding hydrogens is 306 g/mol. The van der Waals surface area contributed by atoms with Crippen molar-refractivity contribution in [2.45, 2.75) is 32.0 Å². The first-order valence-electron chi connectivity index (χ1n) is 7.87. The number of hydrogen-bond donors (Lipinski definition) is 2. The number of carboxylic acid groups (broad SMARTS) is 1. The number of nitrogens with zero attached hydrogens (tertiary/aromatic N) is 2. The van der Waals surface area contributed by atoms with Crippen molar-refractivity contribution in [2.24, 2.45) is 0 Å². The van der Waals surface area contributed by atoms with E-state index in [2.05, 4.69) is 10.3 Å². The lowest BCUT2D eigenvalue weighted by Gasteiger charge is -2.25. The van der Waals surface area contributed by atoms with Crippen LogP contribution >= 0.6 is 0 Å². The fourth-order valence-electron chi connectivity index (χ4n) is 3.05. The number of carbonyl (C=O) groups excluding carboxylic acids is 1.